The predicted octanol–water partition coefficient (Wildman–Crippen LogP) is 1.55. The van der Waals surface area contributed by atoms with E-state index in [4.69, 9.17) is 10.9 Å². The van der Waals surface area contributed by atoms with Crippen LogP contribution in [0.1, 0.15) is 0 Å². The van der Waals surface area contributed by atoms with E-state index < -0.39 is 12.7 Å². The van der Waals surface area contributed by atoms with Crippen LogP contribution in [0.5, 0.6) is 0 Å². The molecule has 3 N–H and O–H groups in total. The van der Waals surface area contributed by atoms with Gasteiger partial charge >= 0.3 is 6.05 Å². The van der Waals surface area contributed by atoms with Crippen LogP contribution in [-0.2, 0) is 0 Å². The molecule has 0 aromatic carbocycles. The molecule has 82 valence electrons. The maximum Gasteiger partial charge on any atom is 0.365 e. The molecule has 0 aliphatic heterocycles. The number of hydrogen-bond acceptors (Lipinski definition) is 3. The summed E-state index contributed by atoms with van der Waals surface area (Å²) in [6, 6.07) is -3.74. The Morgan fingerprint density at radius 2 is 2.14 bits per heavy atom. The van der Waals surface area contributed by atoms with Gasteiger partial charge in [-0.25, -0.2) is 10.2 Å². The Balaban J connectivity index is 4.58. The molecule has 0 saturated heterocycles. The summed E-state index contributed by atoms with van der Waals surface area (Å²) in [6.07, 6.45) is 0.818. The van der Waals surface area contributed by atoms with Crippen molar-refractivity contribution in [2.75, 3.05) is 13.3 Å². The van der Waals surface area contributed by atoms with Crippen molar-refractivity contribution in [3.8, 4) is 0 Å². The lowest BCUT2D eigenvalue weighted by atomic mass is 10.3. The van der Waals surface area contributed by atoms with Crippen molar-refractivity contribution in [2.24, 2.45) is 5.84 Å². The third kappa shape index (κ3) is 3.84. The molecular weight excluding hydrogens is 312 g/mol. The first-order valence-electron chi connectivity index (χ1n) is 3.49. The molecule has 0 aliphatic carbocycles. The minimum absolute atomic E-state index is 0.0460. The zero-order chi connectivity index (χ0) is 11.4. The van der Waals surface area contributed by atoms with Crippen LogP contribution < -0.4 is 5.84 Å². The molecular formula is C7H10F3IN2O. The molecule has 0 radical (unpaired) electrons. The number of nitrogens with two attached hydrogens (primary N) is 1. The molecule has 0 unspecified atom stereocenters. The van der Waals surface area contributed by atoms with E-state index in [1.807, 2.05) is 0 Å². The maximum atomic E-state index is 12.6. The van der Waals surface area contributed by atoms with Crippen LogP contribution in [0.25, 0.3) is 0 Å². The van der Waals surface area contributed by atoms with Gasteiger partial charge in [0.2, 0.25) is 0 Å². The lowest BCUT2D eigenvalue weighted by Gasteiger charge is -2.23. The normalized spacial score (nSPS) is 12.9. The highest BCUT2D eigenvalue weighted by molar-refractivity contribution is 14.1. The number of halogens is 4. The number of hydrogen-bond donors (Lipinski definition) is 2. The van der Waals surface area contributed by atoms with Crippen molar-refractivity contribution in [1.82, 2.24) is 5.01 Å². The second-order valence-corrected chi connectivity index (χ2v) is 3.61. The molecule has 0 saturated carbocycles. The number of aliphatic hydroxyl groups excluding tert-OH is 1. The van der Waals surface area contributed by atoms with E-state index in [9.17, 15) is 13.2 Å². The fraction of sp³-hybridized carbons (Fsp3) is 0.429. The van der Waals surface area contributed by atoms with Gasteiger partial charge in [-0.05, 0) is 28.2 Å². The molecule has 0 amide bonds. The first-order chi connectivity index (χ1) is 6.35. The van der Waals surface area contributed by atoms with Crippen LogP contribution in [0, 0.1) is 0 Å². The lowest BCUT2D eigenvalue weighted by Crippen LogP contribution is -2.44. The van der Waals surface area contributed by atoms with Crippen LogP contribution in [-0.4, -0.2) is 29.4 Å². The van der Waals surface area contributed by atoms with Crippen molar-refractivity contribution in [3.05, 3.63) is 21.9 Å². The number of nitrogens with zero attached hydrogens (tertiary/aromatic N) is 1. The number of rotatable bonds is 5. The SMILES string of the molecule is C=C(CO)/C(I)=C\N(N)C(F)(F)CF. The molecule has 0 spiro atoms. The smallest absolute Gasteiger partial charge is 0.365 e. The molecule has 14 heavy (non-hydrogen) atoms. The highest BCUT2D eigenvalue weighted by atomic mass is 127. The minimum Gasteiger partial charge on any atom is -0.392 e. The molecule has 3 nitrogen and oxygen atoms in total. The van der Waals surface area contributed by atoms with Crippen molar-refractivity contribution in [1.29, 1.82) is 0 Å². The fourth-order valence-electron chi connectivity index (χ4n) is 0.452. The average molecular weight is 322 g/mol. The standard InChI is InChI=1S/C7H10F3IN2O/c1-5(3-14)6(11)2-13(12)7(9,10)4-8/h2,14H,1,3-4,12H2/b6-2+. The summed E-state index contributed by atoms with van der Waals surface area (Å²) in [4.78, 5) is 0. The van der Waals surface area contributed by atoms with Crippen LogP contribution in [0.4, 0.5) is 13.2 Å². The van der Waals surface area contributed by atoms with E-state index in [0.29, 0.717) is 0 Å². The summed E-state index contributed by atoms with van der Waals surface area (Å²) < 4.78 is 37.1. The van der Waals surface area contributed by atoms with Crippen molar-refractivity contribution >= 4 is 22.6 Å². The predicted molar refractivity (Wildman–Crippen MR) is 55.3 cm³/mol. The van der Waals surface area contributed by atoms with Gasteiger partial charge in [-0.1, -0.05) is 6.58 Å². The average Bonchev–Trinajstić information content (AvgIpc) is 2.16. The zero-order valence-electron chi connectivity index (χ0n) is 7.18. The zero-order valence-corrected chi connectivity index (χ0v) is 9.34. The Morgan fingerprint density at radius 1 is 1.64 bits per heavy atom. The van der Waals surface area contributed by atoms with Crippen molar-refractivity contribution in [2.45, 2.75) is 6.05 Å². The second kappa shape index (κ2) is 5.56. The van der Waals surface area contributed by atoms with Gasteiger partial charge in [0, 0.05) is 9.78 Å². The molecule has 0 atom stereocenters. The van der Waals surface area contributed by atoms with E-state index in [1.54, 1.807) is 22.6 Å². The van der Waals surface area contributed by atoms with Crippen molar-refractivity contribution < 1.29 is 18.3 Å². The molecule has 0 heterocycles. The largest absolute Gasteiger partial charge is 0.392 e. The highest BCUT2D eigenvalue weighted by Gasteiger charge is 2.33. The first-order valence-corrected chi connectivity index (χ1v) is 4.57. The Kier molecular flexibility index (Phi) is 5.45. The summed E-state index contributed by atoms with van der Waals surface area (Å²) in [5.74, 6) is 4.89. The molecule has 0 aromatic rings. The van der Waals surface area contributed by atoms with E-state index >= 15 is 0 Å². The molecule has 0 aliphatic rings. The monoisotopic (exact) mass is 322 g/mol. The number of alkyl halides is 3. The molecule has 0 rings (SSSR count). The molecule has 0 aromatic heterocycles. The highest BCUT2D eigenvalue weighted by Crippen LogP contribution is 2.22. The van der Waals surface area contributed by atoms with E-state index in [2.05, 4.69) is 6.58 Å². The van der Waals surface area contributed by atoms with E-state index in [-0.39, 0.29) is 20.8 Å². The third-order valence-corrected chi connectivity index (χ3v) is 2.36. The van der Waals surface area contributed by atoms with Gasteiger partial charge in [0.1, 0.15) is 0 Å². The molecule has 7 heteroatoms. The number of hydrazine groups is 1. The topological polar surface area (TPSA) is 49.5 Å². The van der Waals surface area contributed by atoms with Gasteiger partial charge in [-0.15, -0.1) is 0 Å². The van der Waals surface area contributed by atoms with Crippen LogP contribution in [0.2, 0.25) is 0 Å². The Hall–Kier alpha value is -0.280. The Bertz CT molecular complexity index is 245. The Labute approximate surface area is 93.2 Å². The summed E-state index contributed by atoms with van der Waals surface area (Å²) in [7, 11) is 0. The van der Waals surface area contributed by atoms with Gasteiger partial charge in [0.05, 0.1) is 6.61 Å². The maximum absolute atomic E-state index is 12.6. The summed E-state index contributed by atoms with van der Waals surface area (Å²) >= 11 is 1.66. The van der Waals surface area contributed by atoms with Gasteiger partial charge in [0.25, 0.3) is 0 Å². The van der Waals surface area contributed by atoms with Gasteiger partial charge in [-0.2, -0.15) is 8.78 Å². The molecule has 0 bridgehead atoms. The van der Waals surface area contributed by atoms with Gasteiger partial charge < -0.3 is 5.11 Å². The second-order valence-electron chi connectivity index (χ2n) is 2.45. The fourth-order valence-corrected chi connectivity index (χ4v) is 0.923. The van der Waals surface area contributed by atoms with Gasteiger partial charge in [0.15, 0.2) is 6.67 Å². The van der Waals surface area contributed by atoms with Crippen LogP contribution in [0.3, 0.4) is 0 Å². The number of aliphatic hydroxyl groups is 1. The van der Waals surface area contributed by atoms with Crippen molar-refractivity contribution in [3.63, 3.8) is 0 Å². The first kappa shape index (κ1) is 13.7. The Morgan fingerprint density at radius 3 is 2.50 bits per heavy atom. The van der Waals surface area contributed by atoms with Crippen LogP contribution in [0.15, 0.2) is 21.9 Å². The summed E-state index contributed by atoms with van der Waals surface area (Å²) in [5, 5.41) is 8.57. The molecule has 0 fully saturated rings. The summed E-state index contributed by atoms with van der Waals surface area (Å²) in [6.45, 7) is 1.14. The van der Waals surface area contributed by atoms with Crippen LogP contribution >= 0.6 is 22.6 Å². The summed E-state index contributed by atoms with van der Waals surface area (Å²) in [5.41, 5.74) is 0.232. The minimum atomic E-state index is -3.74. The lowest BCUT2D eigenvalue weighted by molar-refractivity contribution is -0.137. The van der Waals surface area contributed by atoms with E-state index in [0.717, 1.165) is 6.20 Å². The third-order valence-electron chi connectivity index (χ3n) is 1.32. The van der Waals surface area contributed by atoms with Gasteiger partial charge in [-0.3, -0.25) is 5.01 Å². The van der Waals surface area contributed by atoms with E-state index in [1.165, 1.54) is 0 Å². The quantitative estimate of drug-likeness (QED) is 0.265.